The van der Waals surface area contributed by atoms with Crippen LogP contribution in [0.1, 0.15) is 50.2 Å². The quantitative estimate of drug-likeness (QED) is 0.639. The number of benzene rings is 1. The lowest BCUT2D eigenvalue weighted by molar-refractivity contribution is -0.138. The van der Waals surface area contributed by atoms with E-state index in [9.17, 15) is 9.90 Å². The maximum Gasteiger partial charge on any atom is 0.326 e. The molecule has 1 atom stereocenters. The van der Waals surface area contributed by atoms with E-state index in [1.54, 1.807) is 0 Å². The van der Waals surface area contributed by atoms with E-state index < -0.39 is 12.0 Å². The third-order valence-electron chi connectivity index (χ3n) is 3.41. The van der Waals surface area contributed by atoms with E-state index in [0.717, 1.165) is 29.7 Å². The molecule has 0 unspecified atom stereocenters. The van der Waals surface area contributed by atoms with Crippen molar-refractivity contribution in [2.45, 2.75) is 52.0 Å². The van der Waals surface area contributed by atoms with Gasteiger partial charge < -0.3 is 16.2 Å². The maximum absolute atomic E-state index is 11.4. The van der Waals surface area contributed by atoms with Crippen LogP contribution in [0.25, 0.3) is 0 Å². The highest BCUT2D eigenvalue weighted by Crippen LogP contribution is 2.26. The number of hydrogen-bond donors (Lipinski definition) is 3. The fourth-order valence-corrected chi connectivity index (χ4v) is 2.24. The largest absolute Gasteiger partial charge is 0.480 e. The number of anilines is 1. The normalized spacial score (nSPS) is 12.4. The molecule has 0 saturated carbocycles. The molecular weight excluding hydrogens is 252 g/mol. The van der Waals surface area contributed by atoms with Gasteiger partial charge in [0.2, 0.25) is 0 Å². The molecule has 0 heterocycles. The van der Waals surface area contributed by atoms with Gasteiger partial charge in [-0.15, -0.1) is 0 Å². The molecule has 20 heavy (non-hydrogen) atoms. The molecule has 0 fully saturated rings. The van der Waals surface area contributed by atoms with Crippen LogP contribution in [-0.4, -0.2) is 23.7 Å². The predicted molar refractivity (Wildman–Crippen MR) is 83.2 cm³/mol. The molecule has 0 aliphatic rings. The first-order valence-electron chi connectivity index (χ1n) is 7.25. The second-order valence-electron chi connectivity index (χ2n) is 5.57. The summed E-state index contributed by atoms with van der Waals surface area (Å²) in [4.78, 5) is 11.4. The Morgan fingerprint density at radius 1 is 1.35 bits per heavy atom. The number of aliphatic carboxylic acids is 1. The Morgan fingerprint density at radius 2 is 2.05 bits per heavy atom. The minimum absolute atomic E-state index is 0.358. The first-order valence-corrected chi connectivity index (χ1v) is 7.25. The Labute approximate surface area is 121 Å². The molecule has 0 radical (unpaired) electrons. The van der Waals surface area contributed by atoms with Gasteiger partial charge in [0.25, 0.3) is 0 Å². The average Bonchev–Trinajstić information content (AvgIpc) is 2.37. The van der Waals surface area contributed by atoms with Gasteiger partial charge in [-0.05, 0) is 55.8 Å². The predicted octanol–water partition coefficient (Wildman–Crippen LogP) is 3.11. The van der Waals surface area contributed by atoms with Crippen molar-refractivity contribution in [3.63, 3.8) is 0 Å². The van der Waals surface area contributed by atoms with Crippen molar-refractivity contribution in [3.05, 3.63) is 29.3 Å². The monoisotopic (exact) mass is 278 g/mol. The van der Waals surface area contributed by atoms with Crippen LogP contribution in [0.3, 0.4) is 0 Å². The fraction of sp³-hybridized carbons (Fsp3) is 0.562. The zero-order chi connectivity index (χ0) is 15.1. The topological polar surface area (TPSA) is 75.3 Å². The van der Waals surface area contributed by atoms with E-state index in [2.05, 4.69) is 31.3 Å². The SMILES string of the molecule is Cc1ccc(C(C)C)c(N[C@@H](CCCCN)C(=O)O)c1. The lowest BCUT2D eigenvalue weighted by Gasteiger charge is -2.20. The summed E-state index contributed by atoms with van der Waals surface area (Å²) in [5.74, 6) is -0.449. The van der Waals surface area contributed by atoms with Gasteiger partial charge in [-0.3, -0.25) is 0 Å². The Morgan fingerprint density at radius 3 is 2.60 bits per heavy atom. The number of hydrogen-bond acceptors (Lipinski definition) is 3. The third kappa shape index (κ3) is 4.85. The van der Waals surface area contributed by atoms with E-state index in [0.29, 0.717) is 18.9 Å². The number of carboxylic acids is 1. The molecule has 0 aliphatic heterocycles. The van der Waals surface area contributed by atoms with Gasteiger partial charge in [-0.25, -0.2) is 4.79 Å². The summed E-state index contributed by atoms with van der Waals surface area (Å²) in [5, 5.41) is 12.5. The summed E-state index contributed by atoms with van der Waals surface area (Å²) >= 11 is 0. The molecule has 112 valence electrons. The van der Waals surface area contributed by atoms with Gasteiger partial charge in [0.05, 0.1) is 0 Å². The Hall–Kier alpha value is -1.55. The van der Waals surface area contributed by atoms with Crippen molar-refractivity contribution in [2.75, 3.05) is 11.9 Å². The lowest BCUT2D eigenvalue weighted by Crippen LogP contribution is -2.30. The zero-order valence-corrected chi connectivity index (χ0v) is 12.6. The molecule has 4 N–H and O–H groups in total. The molecule has 4 heteroatoms. The summed E-state index contributed by atoms with van der Waals surface area (Å²) in [6, 6.07) is 5.60. The number of carbonyl (C=O) groups is 1. The van der Waals surface area contributed by atoms with Crippen LogP contribution in [-0.2, 0) is 4.79 Å². The van der Waals surface area contributed by atoms with E-state index in [-0.39, 0.29) is 0 Å². The Balaban J connectivity index is 2.86. The van der Waals surface area contributed by atoms with E-state index >= 15 is 0 Å². The lowest BCUT2D eigenvalue weighted by atomic mass is 9.98. The highest BCUT2D eigenvalue weighted by molar-refractivity contribution is 5.78. The molecule has 0 aliphatic carbocycles. The number of nitrogens with one attached hydrogen (secondary N) is 1. The van der Waals surface area contributed by atoms with E-state index in [1.165, 1.54) is 0 Å². The first-order chi connectivity index (χ1) is 9.45. The summed E-state index contributed by atoms with van der Waals surface area (Å²) in [5.41, 5.74) is 8.67. The molecule has 1 aromatic rings. The van der Waals surface area contributed by atoms with E-state index in [1.807, 2.05) is 13.0 Å². The van der Waals surface area contributed by atoms with Crippen molar-refractivity contribution in [2.24, 2.45) is 5.73 Å². The zero-order valence-electron chi connectivity index (χ0n) is 12.6. The van der Waals surface area contributed by atoms with Crippen LogP contribution in [0.2, 0.25) is 0 Å². The van der Waals surface area contributed by atoms with Gasteiger partial charge >= 0.3 is 5.97 Å². The second kappa shape index (κ2) is 7.90. The molecule has 4 nitrogen and oxygen atoms in total. The van der Waals surface area contributed by atoms with Crippen molar-refractivity contribution in [1.29, 1.82) is 0 Å². The standard InChI is InChI=1S/C16H26N2O2/c1-11(2)13-8-7-12(3)10-15(13)18-14(16(19)20)6-4-5-9-17/h7-8,10-11,14,18H,4-6,9,17H2,1-3H3,(H,19,20)/t14-/m0/s1. The fourth-order valence-electron chi connectivity index (χ4n) is 2.24. The van der Waals surface area contributed by atoms with Crippen LogP contribution < -0.4 is 11.1 Å². The molecule has 0 amide bonds. The highest BCUT2D eigenvalue weighted by atomic mass is 16.4. The van der Waals surface area contributed by atoms with Crippen molar-refractivity contribution in [3.8, 4) is 0 Å². The van der Waals surface area contributed by atoms with Gasteiger partial charge in [0, 0.05) is 5.69 Å². The van der Waals surface area contributed by atoms with Gasteiger partial charge in [-0.2, -0.15) is 0 Å². The van der Waals surface area contributed by atoms with Crippen molar-refractivity contribution >= 4 is 11.7 Å². The highest BCUT2D eigenvalue weighted by Gasteiger charge is 2.18. The first kappa shape index (κ1) is 16.5. The molecule has 0 bridgehead atoms. The van der Waals surface area contributed by atoms with Crippen LogP contribution in [0.4, 0.5) is 5.69 Å². The average molecular weight is 278 g/mol. The van der Waals surface area contributed by atoms with Crippen molar-refractivity contribution < 1.29 is 9.90 Å². The molecule has 1 aromatic carbocycles. The Bertz CT molecular complexity index is 444. The third-order valence-corrected chi connectivity index (χ3v) is 3.41. The molecule has 0 spiro atoms. The van der Waals surface area contributed by atoms with Crippen molar-refractivity contribution in [1.82, 2.24) is 0 Å². The number of unbranched alkanes of at least 4 members (excludes halogenated alkanes) is 1. The maximum atomic E-state index is 11.4. The molecular formula is C16H26N2O2. The van der Waals surface area contributed by atoms with Gasteiger partial charge in [0.1, 0.15) is 6.04 Å². The van der Waals surface area contributed by atoms with E-state index in [4.69, 9.17) is 5.73 Å². The van der Waals surface area contributed by atoms with Crippen LogP contribution in [0.15, 0.2) is 18.2 Å². The summed E-state index contributed by atoms with van der Waals surface area (Å²) < 4.78 is 0. The number of rotatable bonds is 8. The minimum Gasteiger partial charge on any atom is -0.480 e. The summed E-state index contributed by atoms with van der Waals surface area (Å²) in [6.45, 7) is 6.84. The summed E-state index contributed by atoms with van der Waals surface area (Å²) in [7, 11) is 0. The number of aryl methyl sites for hydroxylation is 1. The molecule has 0 aromatic heterocycles. The second-order valence-corrected chi connectivity index (χ2v) is 5.57. The van der Waals surface area contributed by atoms with Crippen LogP contribution >= 0.6 is 0 Å². The number of nitrogens with two attached hydrogens (primary N) is 1. The van der Waals surface area contributed by atoms with Gasteiger partial charge in [-0.1, -0.05) is 26.0 Å². The minimum atomic E-state index is -0.807. The molecule has 1 rings (SSSR count). The number of carboxylic acid groups (broad SMARTS) is 1. The van der Waals surface area contributed by atoms with Crippen LogP contribution in [0, 0.1) is 6.92 Å². The van der Waals surface area contributed by atoms with Crippen LogP contribution in [0.5, 0.6) is 0 Å². The smallest absolute Gasteiger partial charge is 0.326 e. The Kier molecular flexibility index (Phi) is 6.52. The summed E-state index contributed by atoms with van der Waals surface area (Å²) in [6.07, 6.45) is 2.28. The molecule has 0 saturated heterocycles. The van der Waals surface area contributed by atoms with Gasteiger partial charge in [0.15, 0.2) is 0 Å².